The summed E-state index contributed by atoms with van der Waals surface area (Å²) in [7, 11) is 0. The summed E-state index contributed by atoms with van der Waals surface area (Å²) in [5.41, 5.74) is 1.22. The van der Waals surface area contributed by atoms with E-state index in [1.165, 1.54) is 5.48 Å². The molecule has 1 atom stereocenters. The van der Waals surface area contributed by atoms with Gasteiger partial charge in [0.1, 0.15) is 6.10 Å². The number of rotatable bonds is 4. The van der Waals surface area contributed by atoms with Crippen molar-refractivity contribution in [2.45, 2.75) is 19.4 Å². The number of aliphatic hydroxyl groups excluding tert-OH is 1. The van der Waals surface area contributed by atoms with Crippen molar-refractivity contribution in [1.82, 2.24) is 5.48 Å². The minimum Gasteiger partial charge on any atom is -0.466 e. The van der Waals surface area contributed by atoms with Gasteiger partial charge in [0.05, 0.1) is 13.0 Å². The quantitative estimate of drug-likeness (QED) is 0.285. The molecule has 0 radical (unpaired) electrons. The highest BCUT2D eigenvalue weighted by molar-refractivity contribution is 5.84. The van der Waals surface area contributed by atoms with Gasteiger partial charge in [0.15, 0.2) is 0 Å². The third kappa shape index (κ3) is 3.89. The van der Waals surface area contributed by atoms with Crippen molar-refractivity contribution in [1.29, 1.82) is 0 Å². The van der Waals surface area contributed by atoms with Crippen LogP contribution < -0.4 is 5.48 Å². The second kappa shape index (κ2) is 5.50. The van der Waals surface area contributed by atoms with Crippen LogP contribution in [0.1, 0.15) is 13.3 Å². The Morgan fingerprint density at radius 1 is 1.58 bits per heavy atom. The van der Waals surface area contributed by atoms with E-state index >= 15 is 0 Å². The van der Waals surface area contributed by atoms with Gasteiger partial charge in [-0.15, -0.1) is 0 Å². The fourth-order valence-corrected chi connectivity index (χ4v) is 0.545. The van der Waals surface area contributed by atoms with Gasteiger partial charge in [0, 0.05) is 0 Å². The molecule has 0 saturated heterocycles. The molecule has 0 bridgehead atoms. The largest absolute Gasteiger partial charge is 0.466 e. The number of carbonyl (C=O) groups is 2. The van der Waals surface area contributed by atoms with Gasteiger partial charge in [0.2, 0.25) is 0 Å². The third-order valence-electron chi connectivity index (χ3n) is 1.08. The van der Waals surface area contributed by atoms with Crippen LogP contribution in [0.4, 0.5) is 0 Å². The second-order valence-corrected chi connectivity index (χ2v) is 2.00. The van der Waals surface area contributed by atoms with Crippen molar-refractivity contribution in [2.24, 2.45) is 0 Å². The van der Waals surface area contributed by atoms with E-state index in [1.807, 2.05) is 0 Å². The van der Waals surface area contributed by atoms with Gasteiger partial charge >= 0.3 is 5.97 Å². The van der Waals surface area contributed by atoms with Crippen LogP contribution in [-0.4, -0.2) is 34.9 Å². The molecule has 0 aromatic carbocycles. The topological polar surface area (TPSA) is 95.9 Å². The van der Waals surface area contributed by atoms with Crippen molar-refractivity contribution in [3.8, 4) is 0 Å². The Morgan fingerprint density at radius 3 is 2.58 bits per heavy atom. The van der Waals surface area contributed by atoms with Crippen LogP contribution in [-0.2, 0) is 14.3 Å². The summed E-state index contributed by atoms with van der Waals surface area (Å²) < 4.78 is 4.45. The maximum Gasteiger partial charge on any atom is 0.308 e. The minimum absolute atomic E-state index is 0.187. The number of carbonyl (C=O) groups excluding carboxylic acids is 2. The third-order valence-corrected chi connectivity index (χ3v) is 1.08. The average Bonchev–Trinajstić information content (AvgIpc) is 2.03. The molecule has 0 rings (SSSR count). The van der Waals surface area contributed by atoms with E-state index < -0.39 is 24.4 Å². The lowest BCUT2D eigenvalue weighted by molar-refractivity contribution is -0.151. The van der Waals surface area contributed by atoms with Crippen LogP contribution in [0, 0.1) is 0 Å². The number of ether oxygens (including phenoxy) is 1. The molecule has 0 spiro atoms. The van der Waals surface area contributed by atoms with Gasteiger partial charge in [0.25, 0.3) is 5.91 Å². The van der Waals surface area contributed by atoms with Crippen LogP contribution >= 0.6 is 0 Å². The molecular formula is C6H11NO5. The lowest BCUT2D eigenvalue weighted by Gasteiger charge is -2.06. The molecule has 70 valence electrons. The normalized spacial score (nSPS) is 11.9. The monoisotopic (exact) mass is 177 g/mol. The van der Waals surface area contributed by atoms with Gasteiger partial charge in [-0.3, -0.25) is 14.8 Å². The van der Waals surface area contributed by atoms with E-state index in [2.05, 4.69) is 4.74 Å². The Bertz CT molecular complexity index is 169. The van der Waals surface area contributed by atoms with Gasteiger partial charge < -0.3 is 9.84 Å². The minimum atomic E-state index is -1.56. The van der Waals surface area contributed by atoms with E-state index in [0.717, 1.165) is 0 Å². The molecule has 0 fully saturated rings. The van der Waals surface area contributed by atoms with Crippen molar-refractivity contribution in [3.63, 3.8) is 0 Å². The number of hydroxylamine groups is 1. The number of hydrogen-bond acceptors (Lipinski definition) is 5. The molecule has 0 aliphatic carbocycles. The molecule has 1 amide bonds. The number of amides is 1. The molecule has 6 heteroatoms. The van der Waals surface area contributed by atoms with Crippen LogP contribution in [0.2, 0.25) is 0 Å². The Kier molecular flexibility index (Phi) is 4.98. The first-order valence-electron chi connectivity index (χ1n) is 3.39. The Hall–Kier alpha value is -1.14. The first kappa shape index (κ1) is 10.9. The number of nitrogens with one attached hydrogen (secondary N) is 1. The molecule has 0 aliphatic rings. The summed E-state index contributed by atoms with van der Waals surface area (Å²) in [6, 6.07) is 0. The summed E-state index contributed by atoms with van der Waals surface area (Å²) in [4.78, 5) is 21.1. The van der Waals surface area contributed by atoms with Gasteiger partial charge in [-0.05, 0) is 6.92 Å². The smallest absolute Gasteiger partial charge is 0.308 e. The zero-order valence-corrected chi connectivity index (χ0v) is 6.61. The molecule has 0 saturated carbocycles. The van der Waals surface area contributed by atoms with Gasteiger partial charge in [-0.2, -0.15) is 0 Å². The van der Waals surface area contributed by atoms with Crippen LogP contribution in [0.15, 0.2) is 0 Å². The molecule has 3 N–H and O–H groups in total. The summed E-state index contributed by atoms with van der Waals surface area (Å²) >= 11 is 0. The maximum atomic E-state index is 10.6. The zero-order valence-electron chi connectivity index (χ0n) is 6.61. The molecule has 0 aromatic rings. The molecule has 0 aromatic heterocycles. The van der Waals surface area contributed by atoms with E-state index in [0.29, 0.717) is 0 Å². The lowest BCUT2D eigenvalue weighted by Crippen LogP contribution is -2.34. The highest BCUT2D eigenvalue weighted by Gasteiger charge is 2.18. The Balaban J connectivity index is 3.75. The zero-order chi connectivity index (χ0) is 9.56. The lowest BCUT2D eigenvalue weighted by atomic mass is 10.2. The number of hydrogen-bond donors (Lipinski definition) is 3. The molecule has 6 nitrogen and oxygen atoms in total. The summed E-state index contributed by atoms with van der Waals surface area (Å²) in [5.74, 6) is -1.71. The summed E-state index contributed by atoms with van der Waals surface area (Å²) in [5, 5.41) is 16.9. The SMILES string of the molecule is CCOC(=O)CC(O)C(=O)NO. The number of aliphatic hydroxyl groups is 1. The second-order valence-electron chi connectivity index (χ2n) is 2.00. The Morgan fingerprint density at radius 2 is 2.17 bits per heavy atom. The molecule has 12 heavy (non-hydrogen) atoms. The van der Waals surface area contributed by atoms with Crippen molar-refractivity contribution in [3.05, 3.63) is 0 Å². The highest BCUT2D eigenvalue weighted by atomic mass is 16.5. The first-order valence-corrected chi connectivity index (χ1v) is 3.39. The maximum absolute atomic E-state index is 10.6. The molecule has 1 unspecified atom stereocenters. The predicted molar refractivity (Wildman–Crippen MR) is 37.2 cm³/mol. The predicted octanol–water partition coefficient (Wildman–Crippen LogP) is -1.19. The van der Waals surface area contributed by atoms with Gasteiger partial charge in [-0.25, -0.2) is 5.48 Å². The summed E-state index contributed by atoms with van der Waals surface area (Å²) in [6.07, 6.45) is -2.02. The average molecular weight is 177 g/mol. The van der Waals surface area contributed by atoms with Crippen LogP contribution in [0.5, 0.6) is 0 Å². The van der Waals surface area contributed by atoms with E-state index in [-0.39, 0.29) is 6.61 Å². The van der Waals surface area contributed by atoms with E-state index in [1.54, 1.807) is 6.92 Å². The van der Waals surface area contributed by atoms with Crippen LogP contribution in [0.3, 0.4) is 0 Å². The van der Waals surface area contributed by atoms with E-state index in [9.17, 15) is 9.59 Å². The molecule has 0 heterocycles. The first-order chi connectivity index (χ1) is 5.61. The van der Waals surface area contributed by atoms with Crippen LogP contribution in [0.25, 0.3) is 0 Å². The summed E-state index contributed by atoms with van der Waals surface area (Å²) in [6.45, 7) is 1.79. The standard InChI is InChI=1S/C6H11NO5/c1-2-12-5(9)3-4(8)6(10)7-11/h4,8,11H,2-3H2,1H3,(H,7,10). The molecule has 0 aliphatic heterocycles. The fraction of sp³-hybridized carbons (Fsp3) is 0.667. The van der Waals surface area contributed by atoms with Crippen molar-refractivity contribution >= 4 is 11.9 Å². The van der Waals surface area contributed by atoms with Gasteiger partial charge in [-0.1, -0.05) is 0 Å². The van der Waals surface area contributed by atoms with E-state index in [4.69, 9.17) is 10.3 Å². The molecular weight excluding hydrogens is 166 g/mol. The van der Waals surface area contributed by atoms with Crippen molar-refractivity contribution in [2.75, 3.05) is 6.61 Å². The van der Waals surface area contributed by atoms with Crippen molar-refractivity contribution < 1.29 is 24.6 Å². The fourth-order valence-electron chi connectivity index (χ4n) is 0.545. The number of esters is 1. The highest BCUT2D eigenvalue weighted by Crippen LogP contribution is 1.94. The Labute approximate surface area is 69.1 Å².